The second kappa shape index (κ2) is 8.25. The van der Waals surface area contributed by atoms with Crippen LogP contribution >= 0.6 is 0 Å². The van der Waals surface area contributed by atoms with E-state index < -0.39 is 0 Å². The number of rotatable bonds is 7. The van der Waals surface area contributed by atoms with Gasteiger partial charge in [-0.3, -0.25) is 0 Å². The number of ether oxygens (including phenoxy) is 4. The molecule has 0 unspecified atom stereocenters. The van der Waals surface area contributed by atoms with E-state index in [1.807, 2.05) is 12.1 Å². The van der Waals surface area contributed by atoms with Crippen LogP contribution in [-0.2, 0) is 16.7 Å². The van der Waals surface area contributed by atoms with E-state index in [1.54, 1.807) is 7.11 Å². The molecule has 1 saturated heterocycles. The van der Waals surface area contributed by atoms with E-state index in [0.29, 0.717) is 6.79 Å². The third kappa shape index (κ3) is 4.36. The molecule has 5 nitrogen and oxygen atoms in total. The first kappa shape index (κ1) is 20.0. The van der Waals surface area contributed by atoms with Crippen molar-refractivity contribution >= 4 is 0 Å². The van der Waals surface area contributed by atoms with Crippen LogP contribution in [0.15, 0.2) is 42.5 Å². The average molecular weight is 398 g/mol. The van der Waals surface area contributed by atoms with Gasteiger partial charge in [0.15, 0.2) is 11.5 Å². The van der Waals surface area contributed by atoms with Crippen molar-refractivity contribution < 1.29 is 18.9 Å². The Hall–Kier alpha value is -2.24. The minimum Gasteiger partial charge on any atom is -0.496 e. The summed E-state index contributed by atoms with van der Waals surface area (Å²) in [5.41, 5.74) is 2.39. The van der Waals surface area contributed by atoms with Crippen LogP contribution in [0, 0.1) is 0 Å². The second-order valence-electron chi connectivity index (χ2n) is 8.63. The Morgan fingerprint density at radius 1 is 1.07 bits per heavy atom. The van der Waals surface area contributed by atoms with E-state index in [9.17, 15) is 0 Å². The summed E-state index contributed by atoms with van der Waals surface area (Å²) in [5.74, 6) is 2.63. The van der Waals surface area contributed by atoms with Gasteiger partial charge in [-0.1, -0.05) is 24.3 Å². The maximum Gasteiger partial charge on any atom is 0.231 e. The Morgan fingerprint density at radius 2 is 1.90 bits per heavy atom. The normalized spacial score (nSPS) is 22.4. The lowest BCUT2D eigenvalue weighted by Gasteiger charge is -2.46. The van der Waals surface area contributed by atoms with Crippen LogP contribution in [0.2, 0.25) is 0 Å². The summed E-state index contributed by atoms with van der Waals surface area (Å²) in [6.07, 6.45) is 3.01. The van der Waals surface area contributed by atoms with E-state index in [1.165, 1.54) is 11.1 Å². The monoisotopic (exact) mass is 397 g/mol. The number of para-hydroxylation sites is 1. The molecular weight excluding hydrogens is 366 g/mol. The molecule has 2 aliphatic heterocycles. The van der Waals surface area contributed by atoms with Crippen molar-refractivity contribution in [2.45, 2.75) is 50.7 Å². The van der Waals surface area contributed by atoms with E-state index in [2.05, 4.69) is 49.5 Å². The minimum absolute atomic E-state index is 0.0379. The SMILES string of the molecule is COc1ccccc1[C@@]1(CCNCc2ccc3c(c2)OCO3)CCOC(C)(C)C1. The molecule has 1 fully saturated rings. The fraction of sp³-hybridized carbons (Fsp3) is 0.500. The van der Waals surface area contributed by atoms with E-state index >= 15 is 0 Å². The predicted molar refractivity (Wildman–Crippen MR) is 113 cm³/mol. The van der Waals surface area contributed by atoms with Gasteiger partial charge in [-0.15, -0.1) is 0 Å². The Balaban J connectivity index is 1.46. The lowest BCUT2D eigenvalue weighted by Crippen LogP contribution is -2.45. The molecule has 0 spiro atoms. The molecule has 0 saturated carbocycles. The van der Waals surface area contributed by atoms with Crippen LogP contribution in [-0.4, -0.2) is 32.7 Å². The zero-order valence-electron chi connectivity index (χ0n) is 17.6. The molecular formula is C24H31NO4. The first-order chi connectivity index (χ1) is 14.0. The van der Waals surface area contributed by atoms with Gasteiger partial charge >= 0.3 is 0 Å². The summed E-state index contributed by atoms with van der Waals surface area (Å²) in [5, 5.41) is 3.62. The quantitative estimate of drug-likeness (QED) is 0.701. The van der Waals surface area contributed by atoms with Gasteiger partial charge in [-0.05, 0) is 63.4 Å². The number of benzene rings is 2. The van der Waals surface area contributed by atoms with Crippen LogP contribution < -0.4 is 19.5 Å². The molecule has 2 aliphatic rings. The standard InChI is InChI=1S/C24H31NO4/c1-23(2)16-24(11-13-29-23,19-6-4-5-7-20(19)26-3)10-12-25-15-18-8-9-21-22(14-18)28-17-27-21/h4-9,14,25H,10-13,15-17H2,1-3H3/t24-/m0/s1. The molecule has 29 heavy (non-hydrogen) atoms. The summed E-state index contributed by atoms with van der Waals surface area (Å²) in [6, 6.07) is 14.6. The zero-order valence-corrected chi connectivity index (χ0v) is 17.6. The van der Waals surface area contributed by atoms with Crippen LogP contribution in [0.4, 0.5) is 0 Å². The Labute approximate surface area is 173 Å². The second-order valence-corrected chi connectivity index (χ2v) is 8.63. The van der Waals surface area contributed by atoms with Crippen LogP contribution in [0.3, 0.4) is 0 Å². The lowest BCUT2D eigenvalue weighted by molar-refractivity contribution is -0.0843. The molecule has 5 heteroatoms. The fourth-order valence-corrected chi connectivity index (χ4v) is 4.75. The Bertz CT molecular complexity index is 851. The third-order valence-corrected chi connectivity index (χ3v) is 6.06. The van der Waals surface area contributed by atoms with Crippen molar-refractivity contribution in [2.75, 3.05) is 27.1 Å². The lowest BCUT2D eigenvalue weighted by atomic mass is 9.67. The Morgan fingerprint density at radius 3 is 2.72 bits per heavy atom. The summed E-state index contributed by atoms with van der Waals surface area (Å²) in [6.45, 7) is 7.19. The van der Waals surface area contributed by atoms with Gasteiger partial charge in [-0.25, -0.2) is 0 Å². The fourth-order valence-electron chi connectivity index (χ4n) is 4.75. The molecule has 2 aromatic carbocycles. The van der Waals surface area contributed by atoms with E-state index in [0.717, 1.165) is 56.2 Å². The number of nitrogens with one attached hydrogen (secondary N) is 1. The van der Waals surface area contributed by atoms with Crippen LogP contribution in [0.5, 0.6) is 17.2 Å². The minimum atomic E-state index is -0.142. The van der Waals surface area contributed by atoms with Crippen molar-refractivity contribution in [1.29, 1.82) is 0 Å². The zero-order chi connectivity index (χ0) is 20.3. The van der Waals surface area contributed by atoms with E-state index in [-0.39, 0.29) is 11.0 Å². The largest absolute Gasteiger partial charge is 0.496 e. The first-order valence-corrected chi connectivity index (χ1v) is 10.4. The molecule has 0 amide bonds. The molecule has 2 aromatic rings. The summed E-state index contributed by atoms with van der Waals surface area (Å²) in [4.78, 5) is 0. The van der Waals surface area contributed by atoms with Gasteiger partial charge in [0.25, 0.3) is 0 Å². The summed E-state index contributed by atoms with van der Waals surface area (Å²) >= 11 is 0. The third-order valence-electron chi connectivity index (χ3n) is 6.06. The van der Waals surface area contributed by atoms with Crippen LogP contribution in [0.1, 0.15) is 44.2 Å². The van der Waals surface area contributed by atoms with Gasteiger partial charge in [-0.2, -0.15) is 0 Å². The topological polar surface area (TPSA) is 49.0 Å². The van der Waals surface area contributed by atoms with Gasteiger partial charge in [0.2, 0.25) is 6.79 Å². The van der Waals surface area contributed by atoms with Crippen molar-refractivity contribution in [3.63, 3.8) is 0 Å². The number of hydrogen-bond acceptors (Lipinski definition) is 5. The molecule has 1 atom stereocenters. The van der Waals surface area contributed by atoms with Gasteiger partial charge < -0.3 is 24.3 Å². The molecule has 0 radical (unpaired) electrons. The van der Waals surface area contributed by atoms with Gasteiger partial charge in [0.05, 0.1) is 12.7 Å². The average Bonchev–Trinajstić information content (AvgIpc) is 3.18. The van der Waals surface area contributed by atoms with E-state index in [4.69, 9.17) is 18.9 Å². The van der Waals surface area contributed by atoms with Crippen molar-refractivity contribution in [3.8, 4) is 17.2 Å². The molecule has 0 aliphatic carbocycles. The van der Waals surface area contributed by atoms with Crippen molar-refractivity contribution in [3.05, 3.63) is 53.6 Å². The summed E-state index contributed by atoms with van der Waals surface area (Å²) in [7, 11) is 1.76. The molecule has 0 aromatic heterocycles. The van der Waals surface area contributed by atoms with Crippen molar-refractivity contribution in [1.82, 2.24) is 5.32 Å². The molecule has 4 rings (SSSR count). The highest BCUT2D eigenvalue weighted by Gasteiger charge is 2.43. The van der Waals surface area contributed by atoms with Crippen LogP contribution in [0.25, 0.3) is 0 Å². The first-order valence-electron chi connectivity index (χ1n) is 10.4. The predicted octanol–water partition coefficient (Wildman–Crippen LogP) is 4.43. The molecule has 156 valence electrons. The molecule has 2 heterocycles. The smallest absolute Gasteiger partial charge is 0.231 e. The highest BCUT2D eigenvalue weighted by Crippen LogP contribution is 2.46. The number of fused-ring (bicyclic) bond motifs is 1. The van der Waals surface area contributed by atoms with Crippen molar-refractivity contribution in [2.24, 2.45) is 0 Å². The van der Waals surface area contributed by atoms with Gasteiger partial charge in [0, 0.05) is 24.1 Å². The van der Waals surface area contributed by atoms with Gasteiger partial charge in [0.1, 0.15) is 5.75 Å². The number of methoxy groups -OCH3 is 1. The highest BCUT2D eigenvalue weighted by atomic mass is 16.7. The maximum atomic E-state index is 6.05. The highest BCUT2D eigenvalue weighted by molar-refractivity contribution is 5.44. The summed E-state index contributed by atoms with van der Waals surface area (Å²) < 4.78 is 22.7. The Kier molecular flexibility index (Phi) is 5.70. The molecule has 1 N–H and O–H groups in total. The maximum absolute atomic E-state index is 6.05. The molecule has 0 bridgehead atoms. The number of hydrogen-bond donors (Lipinski definition) is 1.